The van der Waals surface area contributed by atoms with Crippen molar-refractivity contribution in [3.8, 4) is 0 Å². The molecule has 0 heterocycles. The summed E-state index contributed by atoms with van der Waals surface area (Å²) >= 11 is 1.36. The third-order valence-electron chi connectivity index (χ3n) is 3.27. The molecule has 0 spiro atoms. The summed E-state index contributed by atoms with van der Waals surface area (Å²) in [5.41, 5.74) is 1.11. The molecule has 0 saturated carbocycles. The van der Waals surface area contributed by atoms with Gasteiger partial charge in [0.2, 0.25) is 5.12 Å². The molecule has 0 unspecified atom stereocenters. The van der Waals surface area contributed by atoms with E-state index < -0.39 is 0 Å². The molecule has 0 aliphatic carbocycles. The number of rotatable bonds is 9. The number of methoxy groups -OCH3 is 1. The van der Waals surface area contributed by atoms with Gasteiger partial charge in [-0.15, -0.1) is 0 Å². The molecule has 1 aromatic rings. The predicted molar refractivity (Wildman–Crippen MR) is 87.9 cm³/mol. The summed E-state index contributed by atoms with van der Waals surface area (Å²) in [5.74, 6) is 0.484. The first-order valence-corrected chi connectivity index (χ1v) is 8.53. The molecule has 3 nitrogen and oxygen atoms in total. The zero-order chi connectivity index (χ0) is 15.5. The van der Waals surface area contributed by atoms with Crippen LogP contribution < -0.4 is 0 Å². The maximum atomic E-state index is 12.0. The van der Waals surface area contributed by atoms with E-state index in [2.05, 4.69) is 11.7 Å². The normalized spacial score (nSPS) is 10.4. The third-order valence-corrected chi connectivity index (χ3v) is 4.26. The lowest BCUT2D eigenvalue weighted by Crippen LogP contribution is -2.02. The fourth-order valence-electron chi connectivity index (χ4n) is 1.99. The number of hydrogen-bond donors (Lipinski definition) is 0. The fraction of sp³-hybridized carbons (Fsp3) is 0.529. The smallest absolute Gasteiger partial charge is 0.337 e. The van der Waals surface area contributed by atoms with Crippen LogP contribution in [-0.4, -0.2) is 23.9 Å². The Morgan fingerprint density at radius 3 is 2.14 bits per heavy atom. The van der Waals surface area contributed by atoms with Gasteiger partial charge >= 0.3 is 5.97 Å². The standard InChI is InChI=1S/C17H24O3S/c1-3-4-5-6-7-8-13-21-17(19)15-11-9-14(10-12-15)16(18)20-2/h9-12H,3-8,13H2,1-2H3. The van der Waals surface area contributed by atoms with Crippen molar-refractivity contribution in [1.29, 1.82) is 0 Å². The zero-order valence-corrected chi connectivity index (χ0v) is 13.7. The number of esters is 1. The Hall–Kier alpha value is -1.29. The molecule has 4 heteroatoms. The first-order chi connectivity index (χ1) is 10.2. The molecule has 0 amide bonds. The van der Waals surface area contributed by atoms with E-state index in [-0.39, 0.29) is 11.1 Å². The van der Waals surface area contributed by atoms with Crippen LogP contribution >= 0.6 is 11.8 Å². The number of thioether (sulfide) groups is 1. The van der Waals surface area contributed by atoms with E-state index in [9.17, 15) is 9.59 Å². The summed E-state index contributed by atoms with van der Waals surface area (Å²) in [4.78, 5) is 23.3. The first kappa shape index (κ1) is 17.8. The largest absolute Gasteiger partial charge is 0.465 e. The van der Waals surface area contributed by atoms with E-state index in [1.165, 1.54) is 51.0 Å². The van der Waals surface area contributed by atoms with Gasteiger partial charge in [-0.05, 0) is 30.7 Å². The van der Waals surface area contributed by atoms with Gasteiger partial charge in [-0.2, -0.15) is 0 Å². The van der Waals surface area contributed by atoms with Crippen molar-refractivity contribution in [2.45, 2.75) is 45.4 Å². The molecule has 0 bridgehead atoms. The predicted octanol–water partition coefficient (Wildman–Crippen LogP) is 4.71. The van der Waals surface area contributed by atoms with Crippen molar-refractivity contribution < 1.29 is 14.3 Å². The summed E-state index contributed by atoms with van der Waals surface area (Å²) in [6.07, 6.45) is 7.40. The molecular formula is C17H24O3S. The molecule has 0 fully saturated rings. The molecule has 0 atom stereocenters. The molecule has 0 aliphatic heterocycles. The van der Waals surface area contributed by atoms with Gasteiger partial charge in [-0.25, -0.2) is 4.79 Å². The molecule has 0 aliphatic rings. The summed E-state index contributed by atoms with van der Waals surface area (Å²) in [5, 5.41) is 0.0694. The average Bonchev–Trinajstić information content (AvgIpc) is 2.53. The van der Waals surface area contributed by atoms with Crippen LogP contribution in [0.4, 0.5) is 0 Å². The second kappa shape index (κ2) is 10.4. The Morgan fingerprint density at radius 1 is 0.952 bits per heavy atom. The van der Waals surface area contributed by atoms with Crippen LogP contribution in [-0.2, 0) is 4.74 Å². The lowest BCUT2D eigenvalue weighted by Gasteiger charge is -2.03. The maximum absolute atomic E-state index is 12.0. The molecule has 21 heavy (non-hydrogen) atoms. The van der Waals surface area contributed by atoms with Crippen LogP contribution in [0.25, 0.3) is 0 Å². The second-order valence-corrected chi connectivity index (χ2v) is 6.04. The maximum Gasteiger partial charge on any atom is 0.337 e. The highest BCUT2D eigenvalue weighted by atomic mass is 32.2. The Labute approximate surface area is 131 Å². The fourth-order valence-corrected chi connectivity index (χ4v) is 2.83. The molecule has 0 aromatic heterocycles. The number of carbonyl (C=O) groups is 2. The summed E-state index contributed by atoms with van der Waals surface area (Å²) in [7, 11) is 1.35. The average molecular weight is 308 g/mol. The molecule has 1 rings (SSSR count). The second-order valence-electron chi connectivity index (χ2n) is 4.97. The van der Waals surface area contributed by atoms with E-state index in [0.29, 0.717) is 11.1 Å². The van der Waals surface area contributed by atoms with Gasteiger partial charge in [0.1, 0.15) is 0 Å². The highest BCUT2D eigenvalue weighted by molar-refractivity contribution is 8.14. The van der Waals surface area contributed by atoms with Crippen molar-refractivity contribution in [3.63, 3.8) is 0 Å². The monoisotopic (exact) mass is 308 g/mol. The minimum atomic E-state index is -0.381. The van der Waals surface area contributed by atoms with Gasteiger partial charge in [0.15, 0.2) is 0 Å². The van der Waals surface area contributed by atoms with Crippen LogP contribution in [0.3, 0.4) is 0 Å². The van der Waals surface area contributed by atoms with Crippen LogP contribution in [0, 0.1) is 0 Å². The van der Waals surface area contributed by atoms with Gasteiger partial charge in [0.05, 0.1) is 12.7 Å². The van der Waals surface area contributed by atoms with Crippen molar-refractivity contribution in [2.75, 3.05) is 12.9 Å². The molecule has 1 aromatic carbocycles. The quantitative estimate of drug-likeness (QED) is 0.489. The first-order valence-electron chi connectivity index (χ1n) is 7.54. The Balaban J connectivity index is 2.27. The Bertz CT molecular complexity index is 440. The zero-order valence-electron chi connectivity index (χ0n) is 12.9. The topological polar surface area (TPSA) is 43.4 Å². The van der Waals surface area contributed by atoms with E-state index in [1.54, 1.807) is 24.3 Å². The van der Waals surface area contributed by atoms with E-state index in [0.717, 1.165) is 12.2 Å². The van der Waals surface area contributed by atoms with Gasteiger partial charge < -0.3 is 4.74 Å². The molecule has 0 radical (unpaired) electrons. The van der Waals surface area contributed by atoms with Crippen molar-refractivity contribution in [1.82, 2.24) is 0 Å². The van der Waals surface area contributed by atoms with Crippen molar-refractivity contribution >= 4 is 22.8 Å². The Morgan fingerprint density at radius 2 is 1.52 bits per heavy atom. The number of unbranched alkanes of at least 4 members (excludes halogenated alkanes) is 5. The van der Waals surface area contributed by atoms with Gasteiger partial charge in [0, 0.05) is 11.3 Å². The number of carbonyl (C=O) groups excluding carboxylic acids is 2. The van der Waals surface area contributed by atoms with E-state index in [4.69, 9.17) is 0 Å². The molecule has 0 N–H and O–H groups in total. The van der Waals surface area contributed by atoms with E-state index >= 15 is 0 Å². The van der Waals surface area contributed by atoms with Crippen LogP contribution in [0.15, 0.2) is 24.3 Å². The number of hydrogen-bond acceptors (Lipinski definition) is 4. The summed E-state index contributed by atoms with van der Waals surface area (Å²) in [6.45, 7) is 2.21. The lowest BCUT2D eigenvalue weighted by atomic mass is 10.1. The van der Waals surface area contributed by atoms with Gasteiger partial charge in [-0.3, -0.25) is 4.79 Å². The van der Waals surface area contributed by atoms with Crippen LogP contribution in [0.5, 0.6) is 0 Å². The highest BCUT2D eigenvalue weighted by Crippen LogP contribution is 2.16. The van der Waals surface area contributed by atoms with Crippen LogP contribution in [0.1, 0.15) is 66.2 Å². The van der Waals surface area contributed by atoms with Gasteiger partial charge in [0.25, 0.3) is 0 Å². The van der Waals surface area contributed by atoms with Crippen molar-refractivity contribution in [3.05, 3.63) is 35.4 Å². The van der Waals surface area contributed by atoms with Crippen LogP contribution in [0.2, 0.25) is 0 Å². The molecular weight excluding hydrogens is 284 g/mol. The third kappa shape index (κ3) is 6.80. The highest BCUT2D eigenvalue weighted by Gasteiger charge is 2.09. The summed E-state index contributed by atoms with van der Waals surface area (Å²) < 4.78 is 4.63. The number of ether oxygens (including phenoxy) is 1. The molecule has 0 saturated heterocycles. The minimum Gasteiger partial charge on any atom is -0.465 e. The van der Waals surface area contributed by atoms with Gasteiger partial charge in [-0.1, -0.05) is 50.8 Å². The van der Waals surface area contributed by atoms with E-state index in [1.807, 2.05) is 0 Å². The minimum absolute atomic E-state index is 0.0694. The molecule has 116 valence electrons. The summed E-state index contributed by atoms with van der Waals surface area (Å²) in [6, 6.07) is 6.63. The van der Waals surface area contributed by atoms with Crippen molar-refractivity contribution in [2.24, 2.45) is 0 Å². The number of benzene rings is 1. The lowest BCUT2D eigenvalue weighted by molar-refractivity contribution is 0.0600. The SMILES string of the molecule is CCCCCCCCSC(=O)c1ccc(C(=O)OC)cc1. The Kier molecular flexibility index (Phi) is 8.83.